The Morgan fingerprint density at radius 1 is 1.35 bits per heavy atom. The van der Waals surface area contributed by atoms with Gasteiger partial charge in [-0.05, 0) is 23.6 Å². The summed E-state index contributed by atoms with van der Waals surface area (Å²) in [7, 11) is 0. The second kappa shape index (κ2) is 6.34. The van der Waals surface area contributed by atoms with Gasteiger partial charge in [0.15, 0.2) is 0 Å². The molecule has 0 aliphatic carbocycles. The number of nitrogens with zero attached hydrogens (tertiary/aromatic N) is 1. The molecule has 1 aromatic heterocycles. The molecule has 1 aromatic carbocycles. The number of hydrogen-bond acceptors (Lipinski definition) is 3. The standard InChI is InChI=1S/C15H20N4O/c1-10(2)13(7-16)15(20)19-12-5-3-11(4-6-12)14-8-17-9-18-14/h3-6,8-10,13H,7,16H2,1-2H3,(H,17,18)(H,19,20). The van der Waals surface area contributed by atoms with Crippen molar-refractivity contribution in [3.05, 3.63) is 36.8 Å². The number of aromatic amines is 1. The molecule has 0 spiro atoms. The van der Waals surface area contributed by atoms with E-state index in [2.05, 4.69) is 15.3 Å². The molecule has 0 aliphatic heterocycles. The highest BCUT2D eigenvalue weighted by molar-refractivity contribution is 5.93. The maximum Gasteiger partial charge on any atom is 0.229 e. The zero-order chi connectivity index (χ0) is 14.5. The molecule has 1 amide bonds. The number of aromatic nitrogens is 2. The molecule has 0 aliphatic rings. The van der Waals surface area contributed by atoms with E-state index in [0.29, 0.717) is 6.54 Å². The summed E-state index contributed by atoms with van der Waals surface area (Å²) in [5, 5.41) is 2.90. The van der Waals surface area contributed by atoms with Crippen LogP contribution in [0.25, 0.3) is 11.3 Å². The van der Waals surface area contributed by atoms with Crippen molar-refractivity contribution in [3.63, 3.8) is 0 Å². The first kappa shape index (κ1) is 14.3. The van der Waals surface area contributed by atoms with Gasteiger partial charge in [-0.2, -0.15) is 0 Å². The average molecular weight is 272 g/mol. The van der Waals surface area contributed by atoms with Gasteiger partial charge in [0.05, 0.1) is 24.1 Å². The first-order valence-electron chi connectivity index (χ1n) is 6.71. The molecule has 0 saturated heterocycles. The van der Waals surface area contributed by atoms with Gasteiger partial charge >= 0.3 is 0 Å². The lowest BCUT2D eigenvalue weighted by Crippen LogP contribution is -2.33. The SMILES string of the molecule is CC(C)C(CN)C(=O)Nc1ccc(-c2cnc[nH]2)cc1. The molecule has 0 bridgehead atoms. The number of nitrogens with one attached hydrogen (secondary N) is 2. The molecule has 5 nitrogen and oxygen atoms in total. The van der Waals surface area contributed by atoms with Crippen LogP contribution < -0.4 is 11.1 Å². The van der Waals surface area contributed by atoms with Crippen molar-refractivity contribution in [3.8, 4) is 11.3 Å². The lowest BCUT2D eigenvalue weighted by atomic mass is 9.95. The summed E-state index contributed by atoms with van der Waals surface area (Å²) >= 11 is 0. The van der Waals surface area contributed by atoms with E-state index in [1.807, 2.05) is 38.1 Å². The monoisotopic (exact) mass is 272 g/mol. The number of benzene rings is 1. The van der Waals surface area contributed by atoms with Gasteiger partial charge < -0.3 is 16.0 Å². The van der Waals surface area contributed by atoms with Crippen molar-refractivity contribution in [2.45, 2.75) is 13.8 Å². The Morgan fingerprint density at radius 2 is 2.05 bits per heavy atom. The fourth-order valence-corrected chi connectivity index (χ4v) is 2.06. The van der Waals surface area contributed by atoms with Crippen LogP contribution in [-0.4, -0.2) is 22.4 Å². The maximum absolute atomic E-state index is 12.1. The zero-order valence-corrected chi connectivity index (χ0v) is 11.8. The molecule has 1 atom stereocenters. The molecular weight excluding hydrogens is 252 g/mol. The van der Waals surface area contributed by atoms with Crippen molar-refractivity contribution < 1.29 is 4.79 Å². The molecular formula is C15H20N4O. The van der Waals surface area contributed by atoms with E-state index >= 15 is 0 Å². The third-order valence-corrected chi connectivity index (χ3v) is 3.36. The van der Waals surface area contributed by atoms with Gasteiger partial charge in [-0.25, -0.2) is 4.98 Å². The molecule has 2 aromatic rings. The Kier molecular flexibility index (Phi) is 4.53. The first-order valence-corrected chi connectivity index (χ1v) is 6.71. The number of amides is 1. The molecule has 20 heavy (non-hydrogen) atoms. The lowest BCUT2D eigenvalue weighted by molar-refractivity contribution is -0.120. The van der Waals surface area contributed by atoms with Gasteiger partial charge in [-0.3, -0.25) is 4.79 Å². The zero-order valence-electron chi connectivity index (χ0n) is 11.8. The van der Waals surface area contributed by atoms with E-state index < -0.39 is 0 Å². The smallest absolute Gasteiger partial charge is 0.229 e. The van der Waals surface area contributed by atoms with Crippen LogP contribution >= 0.6 is 0 Å². The summed E-state index contributed by atoms with van der Waals surface area (Å²) < 4.78 is 0. The molecule has 4 N–H and O–H groups in total. The summed E-state index contributed by atoms with van der Waals surface area (Å²) in [4.78, 5) is 19.1. The topological polar surface area (TPSA) is 83.8 Å². The number of rotatable bonds is 5. The Morgan fingerprint density at radius 3 is 2.55 bits per heavy atom. The van der Waals surface area contributed by atoms with Crippen LogP contribution in [0.2, 0.25) is 0 Å². The van der Waals surface area contributed by atoms with Crippen LogP contribution in [-0.2, 0) is 4.79 Å². The summed E-state index contributed by atoms with van der Waals surface area (Å²) in [6.45, 7) is 4.35. The van der Waals surface area contributed by atoms with Crippen LogP contribution in [0.5, 0.6) is 0 Å². The predicted octanol–water partition coefficient (Wildman–Crippen LogP) is 2.25. The Bertz CT molecular complexity index is 546. The summed E-state index contributed by atoms with van der Waals surface area (Å²) in [6.07, 6.45) is 3.40. The van der Waals surface area contributed by atoms with E-state index in [1.54, 1.807) is 12.5 Å². The van der Waals surface area contributed by atoms with E-state index in [4.69, 9.17) is 5.73 Å². The number of nitrogens with two attached hydrogens (primary N) is 1. The van der Waals surface area contributed by atoms with Crippen LogP contribution in [0.4, 0.5) is 5.69 Å². The van der Waals surface area contributed by atoms with E-state index in [0.717, 1.165) is 16.9 Å². The van der Waals surface area contributed by atoms with Crippen molar-refractivity contribution in [1.29, 1.82) is 0 Å². The highest BCUT2D eigenvalue weighted by atomic mass is 16.1. The number of carbonyl (C=O) groups is 1. The van der Waals surface area contributed by atoms with Crippen LogP contribution in [0.3, 0.4) is 0 Å². The fraction of sp³-hybridized carbons (Fsp3) is 0.333. The lowest BCUT2D eigenvalue weighted by Gasteiger charge is -2.18. The summed E-state index contributed by atoms with van der Waals surface area (Å²) in [6, 6.07) is 7.63. The number of anilines is 1. The summed E-state index contributed by atoms with van der Waals surface area (Å²) in [5.74, 6) is 0.0309. The number of hydrogen-bond donors (Lipinski definition) is 3. The van der Waals surface area contributed by atoms with Crippen LogP contribution in [0.1, 0.15) is 13.8 Å². The van der Waals surface area contributed by atoms with Crippen molar-refractivity contribution in [2.24, 2.45) is 17.6 Å². The number of H-pyrrole nitrogens is 1. The van der Waals surface area contributed by atoms with Gasteiger partial charge in [0.1, 0.15) is 0 Å². The fourth-order valence-electron chi connectivity index (χ4n) is 2.06. The largest absolute Gasteiger partial charge is 0.345 e. The molecule has 106 valence electrons. The van der Waals surface area contributed by atoms with Crippen LogP contribution in [0, 0.1) is 11.8 Å². The molecule has 1 unspecified atom stereocenters. The minimum atomic E-state index is -0.165. The Labute approximate surface area is 118 Å². The minimum absolute atomic E-state index is 0.0307. The minimum Gasteiger partial charge on any atom is -0.345 e. The Balaban J connectivity index is 2.06. The second-order valence-corrected chi connectivity index (χ2v) is 5.12. The molecule has 2 rings (SSSR count). The maximum atomic E-state index is 12.1. The number of carbonyl (C=O) groups excluding carboxylic acids is 1. The van der Waals surface area contributed by atoms with Gasteiger partial charge in [0.25, 0.3) is 0 Å². The molecule has 5 heteroatoms. The second-order valence-electron chi connectivity index (χ2n) is 5.12. The Hall–Kier alpha value is -2.14. The van der Waals surface area contributed by atoms with Gasteiger partial charge in [-0.15, -0.1) is 0 Å². The molecule has 0 saturated carbocycles. The highest BCUT2D eigenvalue weighted by Gasteiger charge is 2.20. The number of imidazole rings is 1. The van der Waals surface area contributed by atoms with E-state index in [9.17, 15) is 4.79 Å². The summed E-state index contributed by atoms with van der Waals surface area (Å²) in [5.41, 5.74) is 8.40. The highest BCUT2D eigenvalue weighted by Crippen LogP contribution is 2.20. The third-order valence-electron chi connectivity index (χ3n) is 3.36. The first-order chi connectivity index (χ1) is 9.61. The van der Waals surface area contributed by atoms with Crippen molar-refractivity contribution >= 4 is 11.6 Å². The van der Waals surface area contributed by atoms with Crippen molar-refractivity contribution in [2.75, 3.05) is 11.9 Å². The molecule has 1 heterocycles. The van der Waals surface area contributed by atoms with E-state index in [-0.39, 0.29) is 17.7 Å². The predicted molar refractivity (Wildman–Crippen MR) is 80.0 cm³/mol. The van der Waals surface area contributed by atoms with Gasteiger partial charge in [-0.1, -0.05) is 26.0 Å². The van der Waals surface area contributed by atoms with E-state index in [1.165, 1.54) is 0 Å². The van der Waals surface area contributed by atoms with Gasteiger partial charge in [0, 0.05) is 12.2 Å². The molecule has 0 fully saturated rings. The van der Waals surface area contributed by atoms with Crippen LogP contribution in [0.15, 0.2) is 36.8 Å². The average Bonchev–Trinajstić information content (AvgIpc) is 2.94. The quantitative estimate of drug-likeness (QED) is 0.780. The normalized spacial score (nSPS) is 12.4. The van der Waals surface area contributed by atoms with Gasteiger partial charge in [0.2, 0.25) is 5.91 Å². The molecule has 0 radical (unpaired) electrons. The van der Waals surface area contributed by atoms with Crippen molar-refractivity contribution in [1.82, 2.24) is 9.97 Å². The third kappa shape index (κ3) is 3.24.